The maximum atomic E-state index is 17.9. The number of halogens is 3. The molecule has 4 fully saturated rings. The highest BCUT2D eigenvalue weighted by Crippen LogP contribution is 2.72. The number of nitrogens with two attached hydrogens (primary N) is 1. The van der Waals surface area contributed by atoms with Crippen LogP contribution < -0.4 is 16.4 Å². The number of aliphatic hydroxyl groups is 1. The lowest BCUT2D eigenvalue weighted by Gasteiger charge is -2.63. The molecule has 1 heterocycles. The molecular weight excluding hydrogens is 838 g/mol. The minimum absolute atomic E-state index is 0.0300. The largest absolute Gasteiger partial charge is 0.444 e. The quantitative estimate of drug-likeness (QED) is 0.174. The maximum absolute atomic E-state index is 17.9. The van der Waals surface area contributed by atoms with E-state index in [1.54, 1.807) is 65.0 Å². The van der Waals surface area contributed by atoms with Gasteiger partial charge in [-0.25, -0.2) is 18.0 Å². The first-order chi connectivity index (χ1) is 30.2. The van der Waals surface area contributed by atoms with Gasteiger partial charge < -0.3 is 40.4 Å². The third kappa shape index (κ3) is 7.96. The van der Waals surface area contributed by atoms with Gasteiger partial charge in [-0.1, -0.05) is 51.1 Å². The molecule has 1 aliphatic heterocycles. The molecule has 5 aliphatic rings. The van der Waals surface area contributed by atoms with Crippen LogP contribution >= 0.6 is 0 Å². The summed E-state index contributed by atoms with van der Waals surface area (Å²) < 4.78 is 72.9. The second-order valence-corrected chi connectivity index (χ2v) is 18.5. The number of fused-ring (bicyclic) bond motifs is 7. The number of allylic oxidation sites excluding steroid dienone is 4. The van der Waals surface area contributed by atoms with Crippen LogP contribution in [0.2, 0.25) is 0 Å². The van der Waals surface area contributed by atoms with Crippen LogP contribution in [0.4, 0.5) is 23.7 Å². The van der Waals surface area contributed by atoms with Crippen molar-refractivity contribution in [1.82, 2.24) is 10.2 Å². The highest BCUT2D eigenvalue weighted by Gasteiger charge is 2.80. The van der Waals surface area contributed by atoms with Gasteiger partial charge in [0.15, 0.2) is 29.1 Å². The number of benzene rings is 2. The van der Waals surface area contributed by atoms with E-state index in [0.717, 1.165) is 6.08 Å². The first-order valence-corrected chi connectivity index (χ1v) is 21.7. The van der Waals surface area contributed by atoms with Gasteiger partial charge in [-0.2, -0.15) is 0 Å². The molecule has 7 rings (SSSR count). The average Bonchev–Trinajstić information content (AvgIpc) is 3.76. The molecule has 12 atom stereocenters. The number of alkyl halides is 2. The van der Waals surface area contributed by atoms with Crippen molar-refractivity contribution in [2.75, 3.05) is 25.2 Å². The molecule has 14 nitrogen and oxygen atoms in total. The average molecular weight is 895 g/mol. The minimum Gasteiger partial charge on any atom is -0.444 e. The highest BCUT2D eigenvalue weighted by molar-refractivity contribution is 6.01. The number of carbonyl (C=O) groups excluding carboxylic acids is 5. The Bertz CT molecular complexity index is 2220. The van der Waals surface area contributed by atoms with Gasteiger partial charge in [0.05, 0.1) is 18.2 Å². The summed E-state index contributed by atoms with van der Waals surface area (Å²) in [5.41, 5.74) is -0.0858. The Morgan fingerprint density at radius 3 is 2.44 bits per heavy atom. The van der Waals surface area contributed by atoms with Crippen LogP contribution in [0.25, 0.3) is 0 Å². The van der Waals surface area contributed by atoms with E-state index in [1.165, 1.54) is 42.2 Å². The maximum Gasteiger partial charge on any atom is 0.411 e. The van der Waals surface area contributed by atoms with Gasteiger partial charge in [0.25, 0.3) is 0 Å². The molecule has 346 valence electrons. The van der Waals surface area contributed by atoms with Crippen molar-refractivity contribution >= 4 is 35.2 Å². The molecule has 0 radical (unpaired) electrons. The summed E-state index contributed by atoms with van der Waals surface area (Å²) in [6.07, 6.45) is -3.37. The van der Waals surface area contributed by atoms with Crippen molar-refractivity contribution in [3.05, 3.63) is 89.3 Å². The van der Waals surface area contributed by atoms with Crippen LogP contribution in [0.1, 0.15) is 78.2 Å². The number of hydrogen-bond donors (Lipinski definition) is 4. The van der Waals surface area contributed by atoms with E-state index in [9.17, 15) is 33.5 Å². The fourth-order valence-corrected chi connectivity index (χ4v) is 10.7. The summed E-state index contributed by atoms with van der Waals surface area (Å²) in [7, 11) is 0. The van der Waals surface area contributed by atoms with Crippen LogP contribution in [-0.4, -0.2) is 101 Å². The second-order valence-electron chi connectivity index (χ2n) is 18.5. The zero-order valence-electron chi connectivity index (χ0n) is 36.8. The molecule has 0 spiro atoms. The van der Waals surface area contributed by atoms with E-state index in [4.69, 9.17) is 24.7 Å². The number of nitrogens with zero attached hydrogens (tertiary/aromatic N) is 1. The summed E-state index contributed by atoms with van der Waals surface area (Å²) in [4.78, 5) is 66.4. The van der Waals surface area contributed by atoms with Crippen molar-refractivity contribution in [3.63, 3.8) is 0 Å². The van der Waals surface area contributed by atoms with Crippen LogP contribution in [-0.2, 0) is 44.7 Å². The van der Waals surface area contributed by atoms with E-state index in [0.29, 0.717) is 16.8 Å². The van der Waals surface area contributed by atoms with Gasteiger partial charge in [-0.05, 0) is 99.4 Å². The molecule has 1 unspecified atom stereocenters. The van der Waals surface area contributed by atoms with Gasteiger partial charge in [-0.3, -0.25) is 24.1 Å². The Kier molecular flexibility index (Phi) is 13.1. The van der Waals surface area contributed by atoms with Crippen LogP contribution in [0.5, 0.6) is 0 Å². The number of rotatable bonds is 14. The van der Waals surface area contributed by atoms with E-state index < -0.39 is 113 Å². The summed E-state index contributed by atoms with van der Waals surface area (Å²) in [6, 6.07) is 10.4. The van der Waals surface area contributed by atoms with E-state index >= 15 is 8.78 Å². The molecule has 2 aromatic carbocycles. The molecule has 3 amide bonds. The number of ketones is 2. The van der Waals surface area contributed by atoms with E-state index in [1.807, 2.05) is 0 Å². The van der Waals surface area contributed by atoms with E-state index in [2.05, 4.69) is 10.6 Å². The third-order valence-corrected chi connectivity index (χ3v) is 14.4. The number of anilines is 1. The smallest absolute Gasteiger partial charge is 0.411 e. The molecule has 1 saturated heterocycles. The van der Waals surface area contributed by atoms with Crippen molar-refractivity contribution in [2.45, 2.75) is 115 Å². The van der Waals surface area contributed by atoms with E-state index in [-0.39, 0.29) is 50.6 Å². The first kappa shape index (κ1) is 47.0. The number of hydrogen-bond acceptors (Lipinski definition) is 11. The van der Waals surface area contributed by atoms with Crippen molar-refractivity contribution in [2.24, 2.45) is 34.3 Å². The summed E-state index contributed by atoms with van der Waals surface area (Å²) >= 11 is 0. The minimum atomic E-state index is -2.41. The molecule has 4 aliphatic carbocycles. The lowest BCUT2D eigenvalue weighted by Crippen LogP contribution is -2.70. The molecule has 3 saturated carbocycles. The zero-order valence-corrected chi connectivity index (χ0v) is 36.8. The predicted molar refractivity (Wildman–Crippen MR) is 226 cm³/mol. The predicted octanol–water partition coefficient (Wildman–Crippen LogP) is 5.54. The summed E-state index contributed by atoms with van der Waals surface area (Å²) in [5.74, 6) is -4.50. The molecule has 5 N–H and O–H groups in total. The normalized spacial score (nSPS) is 33.5. The monoisotopic (exact) mass is 894 g/mol. The van der Waals surface area contributed by atoms with Crippen molar-refractivity contribution in [3.8, 4) is 0 Å². The lowest BCUT2D eigenvalue weighted by atomic mass is 9.44. The third-order valence-electron chi connectivity index (χ3n) is 14.4. The molecule has 2 aromatic rings. The highest BCUT2D eigenvalue weighted by atomic mass is 19.1. The van der Waals surface area contributed by atoms with Crippen LogP contribution in [0.3, 0.4) is 0 Å². The van der Waals surface area contributed by atoms with Gasteiger partial charge >= 0.3 is 6.09 Å². The second kappa shape index (κ2) is 17.8. The Labute approximate surface area is 370 Å². The topological polar surface area (TPSA) is 196 Å². The van der Waals surface area contributed by atoms with Crippen molar-refractivity contribution in [1.29, 1.82) is 0 Å². The number of carbonyl (C=O) groups is 5. The van der Waals surface area contributed by atoms with Gasteiger partial charge in [0.1, 0.15) is 38.0 Å². The standard InChI is InChI=1S/C47H57F3N4O10/c1-7-54(43(60)62-22-27-11-13-30(14-12-27)53-40(58)26(4)52-41(59)39(51)25(2)3)24-61-23-37(57)47-38(63-42(64-47)28-9-8-10-29(48)17-28)20-32-33-19-35(49)34-18-31(55)15-16-44(34,5)46(33,50)36(56)21-45(32,47)6/h8-18,25-26,32-33,35-36,38-39,42,56H,7,19-24,51H2,1-6H3,(H,52,59)(H,53,58)/t26-,32-,33-,35-,36-,38+,39?,42+,44-,45-,46-,47+/m0/s1. The number of amides is 3. The van der Waals surface area contributed by atoms with Crippen LogP contribution in [0.15, 0.2) is 72.3 Å². The first-order valence-electron chi connectivity index (χ1n) is 21.7. The van der Waals surface area contributed by atoms with Gasteiger partial charge in [0.2, 0.25) is 11.8 Å². The van der Waals surface area contributed by atoms with Gasteiger partial charge in [-0.15, -0.1) is 0 Å². The Hall–Kier alpha value is -4.94. The Morgan fingerprint density at radius 1 is 1.05 bits per heavy atom. The zero-order chi connectivity index (χ0) is 46.5. The fraction of sp³-hybridized carbons (Fsp3) is 0.553. The fourth-order valence-electron chi connectivity index (χ4n) is 10.7. The van der Waals surface area contributed by atoms with Gasteiger partial charge in [0, 0.05) is 34.5 Å². The Balaban J connectivity index is 1.02. The van der Waals surface area contributed by atoms with Crippen LogP contribution in [0, 0.1) is 34.4 Å². The lowest BCUT2D eigenvalue weighted by molar-refractivity contribution is -0.235. The van der Waals surface area contributed by atoms with Crippen molar-refractivity contribution < 1.29 is 61.2 Å². The number of nitrogens with one attached hydrogen (secondary N) is 2. The molecule has 0 bridgehead atoms. The molecule has 17 heteroatoms. The number of aliphatic hydroxyl groups excluding tert-OH is 1. The number of Topliss-reactive ketones (excluding diaryl/α,β-unsaturated/α-hetero) is 1. The number of ether oxygens (including phenoxy) is 4. The molecule has 64 heavy (non-hydrogen) atoms. The summed E-state index contributed by atoms with van der Waals surface area (Å²) in [6.45, 7) is 9.05. The summed E-state index contributed by atoms with van der Waals surface area (Å²) in [5, 5.41) is 17.3. The molecule has 0 aromatic heterocycles. The molecular formula is C47H57F3N4O10. The Morgan fingerprint density at radius 2 is 1.77 bits per heavy atom. The SMILES string of the molecule is CCN(COCC(=O)[C@@]12O[C@H](c3cccc(F)c3)O[C@@H]1C[C@H]1[C@@H]3C[C@H](F)C4=CC(=O)C=C[C@]4(C)[C@@]3(F)[C@@H](O)C[C@@]12C)C(=O)OCc1ccc(NC(=O)[C@H](C)NC(=O)C(N)C(C)C)cc1.